The molecule has 1 N–H and O–H groups in total. The standard InChI is InChI=1S/C18H23NO/c1-3-15-9-7-8-12-17(15)14-20-18(13-19-2)16-10-5-4-6-11-16/h4-12,18-19H,3,13-14H2,1-2H3. The summed E-state index contributed by atoms with van der Waals surface area (Å²) in [6, 6.07) is 18.9. The molecule has 106 valence electrons. The molecule has 0 aromatic heterocycles. The number of aryl methyl sites for hydroxylation is 1. The summed E-state index contributed by atoms with van der Waals surface area (Å²) < 4.78 is 6.13. The van der Waals surface area contributed by atoms with Crippen LogP contribution in [0.4, 0.5) is 0 Å². The Kier molecular flexibility index (Phi) is 5.78. The first-order valence-electron chi connectivity index (χ1n) is 7.23. The average molecular weight is 269 g/mol. The zero-order chi connectivity index (χ0) is 14.2. The number of likely N-dealkylation sites (N-methyl/N-ethyl adjacent to an activating group) is 1. The predicted octanol–water partition coefficient (Wildman–Crippen LogP) is 3.73. The Hall–Kier alpha value is -1.64. The summed E-state index contributed by atoms with van der Waals surface area (Å²) in [7, 11) is 1.96. The van der Waals surface area contributed by atoms with Crippen LogP contribution in [0, 0.1) is 0 Å². The Bertz CT molecular complexity index is 510. The highest BCUT2D eigenvalue weighted by Crippen LogP contribution is 2.20. The van der Waals surface area contributed by atoms with Crippen LogP contribution in [0.15, 0.2) is 54.6 Å². The lowest BCUT2D eigenvalue weighted by Gasteiger charge is -2.19. The van der Waals surface area contributed by atoms with Crippen molar-refractivity contribution in [2.75, 3.05) is 13.6 Å². The van der Waals surface area contributed by atoms with Gasteiger partial charge in [-0.3, -0.25) is 0 Å². The molecule has 2 rings (SSSR count). The van der Waals surface area contributed by atoms with Crippen LogP contribution in [-0.4, -0.2) is 13.6 Å². The molecule has 2 aromatic rings. The number of nitrogens with one attached hydrogen (secondary N) is 1. The van der Waals surface area contributed by atoms with Gasteiger partial charge in [0, 0.05) is 6.54 Å². The number of hydrogen-bond donors (Lipinski definition) is 1. The van der Waals surface area contributed by atoms with E-state index in [-0.39, 0.29) is 6.10 Å². The highest BCUT2D eigenvalue weighted by Gasteiger charge is 2.11. The maximum Gasteiger partial charge on any atom is 0.0953 e. The van der Waals surface area contributed by atoms with Crippen LogP contribution < -0.4 is 5.32 Å². The summed E-state index contributed by atoms with van der Waals surface area (Å²) in [4.78, 5) is 0. The SMILES string of the molecule is CCc1ccccc1COC(CNC)c1ccccc1. The Morgan fingerprint density at radius 1 is 0.950 bits per heavy atom. The molecule has 0 amide bonds. The van der Waals surface area contributed by atoms with Crippen molar-refractivity contribution < 1.29 is 4.74 Å². The maximum absolute atomic E-state index is 6.13. The minimum atomic E-state index is 0.0890. The van der Waals surface area contributed by atoms with Gasteiger partial charge in [-0.2, -0.15) is 0 Å². The molecule has 0 aliphatic heterocycles. The van der Waals surface area contributed by atoms with Crippen LogP contribution in [-0.2, 0) is 17.8 Å². The minimum absolute atomic E-state index is 0.0890. The fourth-order valence-electron chi connectivity index (χ4n) is 2.36. The molecule has 2 heteroatoms. The Balaban J connectivity index is 2.06. The van der Waals surface area contributed by atoms with Gasteiger partial charge in [0.05, 0.1) is 12.7 Å². The number of rotatable bonds is 7. The molecule has 0 bridgehead atoms. The Morgan fingerprint density at radius 2 is 1.60 bits per heavy atom. The Morgan fingerprint density at radius 3 is 2.25 bits per heavy atom. The van der Waals surface area contributed by atoms with E-state index in [4.69, 9.17) is 4.74 Å². The summed E-state index contributed by atoms with van der Waals surface area (Å²) >= 11 is 0. The second kappa shape index (κ2) is 7.83. The van der Waals surface area contributed by atoms with E-state index in [2.05, 4.69) is 60.8 Å². The molecule has 0 spiro atoms. The van der Waals surface area contributed by atoms with Gasteiger partial charge in [0.2, 0.25) is 0 Å². The van der Waals surface area contributed by atoms with Gasteiger partial charge in [0.15, 0.2) is 0 Å². The van der Waals surface area contributed by atoms with Crippen molar-refractivity contribution in [3.63, 3.8) is 0 Å². The second-order valence-electron chi connectivity index (χ2n) is 4.89. The largest absolute Gasteiger partial charge is 0.368 e. The number of ether oxygens (including phenoxy) is 1. The second-order valence-corrected chi connectivity index (χ2v) is 4.89. The third kappa shape index (κ3) is 3.92. The van der Waals surface area contributed by atoms with Crippen LogP contribution in [0.2, 0.25) is 0 Å². The zero-order valence-corrected chi connectivity index (χ0v) is 12.3. The first kappa shape index (κ1) is 14.8. The first-order chi connectivity index (χ1) is 9.85. The van der Waals surface area contributed by atoms with E-state index in [1.807, 2.05) is 13.1 Å². The van der Waals surface area contributed by atoms with Gasteiger partial charge in [-0.05, 0) is 30.2 Å². The third-order valence-electron chi connectivity index (χ3n) is 3.50. The van der Waals surface area contributed by atoms with Crippen molar-refractivity contribution in [3.8, 4) is 0 Å². The lowest BCUT2D eigenvalue weighted by atomic mass is 10.1. The van der Waals surface area contributed by atoms with Crippen LogP contribution in [0.25, 0.3) is 0 Å². The van der Waals surface area contributed by atoms with Crippen molar-refractivity contribution in [1.29, 1.82) is 0 Å². The molecule has 0 fully saturated rings. The topological polar surface area (TPSA) is 21.3 Å². The smallest absolute Gasteiger partial charge is 0.0953 e. The van der Waals surface area contributed by atoms with Gasteiger partial charge in [-0.1, -0.05) is 61.5 Å². The quantitative estimate of drug-likeness (QED) is 0.827. The normalized spacial score (nSPS) is 12.3. The van der Waals surface area contributed by atoms with Crippen LogP contribution in [0.1, 0.15) is 29.7 Å². The summed E-state index contributed by atoms with van der Waals surface area (Å²) in [5, 5.41) is 3.21. The van der Waals surface area contributed by atoms with Gasteiger partial charge in [-0.25, -0.2) is 0 Å². The van der Waals surface area contributed by atoms with Crippen molar-refractivity contribution in [1.82, 2.24) is 5.32 Å². The lowest BCUT2D eigenvalue weighted by molar-refractivity contribution is 0.0407. The molecule has 0 heterocycles. The molecule has 2 nitrogen and oxygen atoms in total. The van der Waals surface area contributed by atoms with E-state index < -0.39 is 0 Å². The van der Waals surface area contributed by atoms with Gasteiger partial charge >= 0.3 is 0 Å². The van der Waals surface area contributed by atoms with E-state index in [9.17, 15) is 0 Å². The molecule has 0 aliphatic rings. The van der Waals surface area contributed by atoms with Crippen molar-refractivity contribution in [2.45, 2.75) is 26.1 Å². The van der Waals surface area contributed by atoms with E-state index in [1.54, 1.807) is 0 Å². The van der Waals surface area contributed by atoms with E-state index in [0.29, 0.717) is 6.61 Å². The van der Waals surface area contributed by atoms with E-state index in [0.717, 1.165) is 13.0 Å². The molecule has 20 heavy (non-hydrogen) atoms. The van der Waals surface area contributed by atoms with E-state index in [1.165, 1.54) is 16.7 Å². The molecule has 0 saturated carbocycles. The predicted molar refractivity (Wildman–Crippen MR) is 83.7 cm³/mol. The zero-order valence-electron chi connectivity index (χ0n) is 12.3. The van der Waals surface area contributed by atoms with Gasteiger partial charge < -0.3 is 10.1 Å². The monoisotopic (exact) mass is 269 g/mol. The summed E-state index contributed by atoms with van der Waals surface area (Å²) in [6.07, 6.45) is 1.13. The molecule has 1 atom stereocenters. The van der Waals surface area contributed by atoms with Crippen LogP contribution >= 0.6 is 0 Å². The fraction of sp³-hybridized carbons (Fsp3) is 0.333. The van der Waals surface area contributed by atoms with Gasteiger partial charge in [-0.15, -0.1) is 0 Å². The number of benzene rings is 2. The summed E-state index contributed by atoms with van der Waals surface area (Å²) in [6.45, 7) is 3.66. The molecule has 0 saturated heterocycles. The molecular weight excluding hydrogens is 246 g/mol. The molecule has 0 aliphatic carbocycles. The molecule has 1 unspecified atom stereocenters. The summed E-state index contributed by atoms with van der Waals surface area (Å²) in [5.74, 6) is 0. The highest BCUT2D eigenvalue weighted by molar-refractivity contribution is 5.26. The first-order valence-corrected chi connectivity index (χ1v) is 7.23. The van der Waals surface area contributed by atoms with Crippen molar-refractivity contribution in [3.05, 3.63) is 71.3 Å². The molecular formula is C18H23NO. The van der Waals surface area contributed by atoms with Gasteiger partial charge in [0.25, 0.3) is 0 Å². The maximum atomic E-state index is 6.13. The minimum Gasteiger partial charge on any atom is -0.368 e. The van der Waals surface area contributed by atoms with Crippen molar-refractivity contribution in [2.24, 2.45) is 0 Å². The molecule has 0 radical (unpaired) electrons. The third-order valence-corrected chi connectivity index (χ3v) is 3.50. The fourth-order valence-corrected chi connectivity index (χ4v) is 2.36. The van der Waals surface area contributed by atoms with Crippen molar-refractivity contribution >= 4 is 0 Å². The summed E-state index contributed by atoms with van der Waals surface area (Å²) in [5.41, 5.74) is 3.87. The van der Waals surface area contributed by atoms with Crippen LogP contribution in [0.3, 0.4) is 0 Å². The average Bonchev–Trinajstić information content (AvgIpc) is 2.52. The Labute approximate surface area is 121 Å². The lowest BCUT2D eigenvalue weighted by Crippen LogP contribution is -2.19. The van der Waals surface area contributed by atoms with Gasteiger partial charge in [0.1, 0.15) is 0 Å². The number of hydrogen-bond acceptors (Lipinski definition) is 2. The molecule has 2 aromatic carbocycles. The highest BCUT2D eigenvalue weighted by atomic mass is 16.5. The van der Waals surface area contributed by atoms with Crippen LogP contribution in [0.5, 0.6) is 0 Å². The van der Waals surface area contributed by atoms with E-state index >= 15 is 0 Å².